The molecule has 0 aromatic heterocycles. The number of hydrogen-bond donors (Lipinski definition) is 1. The summed E-state index contributed by atoms with van der Waals surface area (Å²) in [4.78, 5) is 11.6. The second-order valence-corrected chi connectivity index (χ2v) is 7.07. The van der Waals surface area contributed by atoms with E-state index >= 15 is 0 Å². The Kier molecular flexibility index (Phi) is 5.76. The molecular weight excluding hydrogens is 308 g/mol. The van der Waals surface area contributed by atoms with Gasteiger partial charge in [-0.1, -0.05) is 18.2 Å². The number of benzene rings is 1. The first-order valence-electron chi connectivity index (χ1n) is 7.07. The van der Waals surface area contributed by atoms with Crippen molar-refractivity contribution in [1.82, 2.24) is 9.62 Å². The Bertz CT molecular complexity index is 591. The fourth-order valence-corrected chi connectivity index (χ4v) is 3.49. The molecule has 8 heteroatoms. The van der Waals surface area contributed by atoms with Gasteiger partial charge in [-0.3, -0.25) is 0 Å². The van der Waals surface area contributed by atoms with Crippen LogP contribution in [0.3, 0.4) is 0 Å². The van der Waals surface area contributed by atoms with Crippen molar-refractivity contribution in [2.75, 3.05) is 32.0 Å². The van der Waals surface area contributed by atoms with Gasteiger partial charge in [0.05, 0.1) is 18.5 Å². The topological polar surface area (TPSA) is 84.9 Å². The number of sulfonamides is 1. The Morgan fingerprint density at radius 2 is 2.14 bits per heavy atom. The second-order valence-electron chi connectivity index (χ2n) is 4.98. The minimum Gasteiger partial charge on any atom is -0.410 e. The number of ether oxygens (including phenoxy) is 2. The normalized spacial score (nSPS) is 19.6. The van der Waals surface area contributed by atoms with Crippen molar-refractivity contribution in [2.24, 2.45) is 0 Å². The average molecular weight is 328 g/mol. The number of amides is 1. The molecule has 0 aliphatic carbocycles. The lowest BCUT2D eigenvalue weighted by atomic mass is 10.3. The Morgan fingerprint density at radius 3 is 2.82 bits per heavy atom. The third-order valence-electron chi connectivity index (χ3n) is 3.18. The number of carbonyl (C=O) groups excluding carboxylic acids is 1. The minimum absolute atomic E-state index is 0.000260. The summed E-state index contributed by atoms with van der Waals surface area (Å²) in [5, 5.41) is 2.44. The zero-order valence-corrected chi connectivity index (χ0v) is 13.2. The molecule has 1 heterocycles. The van der Waals surface area contributed by atoms with Crippen LogP contribution in [0.2, 0.25) is 0 Å². The summed E-state index contributed by atoms with van der Waals surface area (Å²) in [6.45, 7) is 2.92. The van der Waals surface area contributed by atoms with Crippen LogP contribution < -0.4 is 10.1 Å². The van der Waals surface area contributed by atoms with Crippen LogP contribution in [0.25, 0.3) is 0 Å². The fourth-order valence-electron chi connectivity index (χ4n) is 2.08. The van der Waals surface area contributed by atoms with Crippen molar-refractivity contribution in [3.8, 4) is 5.75 Å². The molecule has 0 bridgehead atoms. The van der Waals surface area contributed by atoms with Crippen LogP contribution in [-0.4, -0.2) is 56.9 Å². The number of nitrogens with one attached hydrogen (secondary N) is 1. The third kappa shape index (κ3) is 4.97. The van der Waals surface area contributed by atoms with Crippen LogP contribution in [-0.2, 0) is 14.8 Å². The van der Waals surface area contributed by atoms with Crippen LogP contribution in [0.15, 0.2) is 30.3 Å². The highest BCUT2D eigenvalue weighted by atomic mass is 32.2. The van der Waals surface area contributed by atoms with Crippen LogP contribution in [0.1, 0.15) is 6.92 Å². The molecule has 1 amide bonds. The lowest BCUT2D eigenvalue weighted by molar-refractivity contribution is 0.0102. The molecule has 2 rings (SSSR count). The summed E-state index contributed by atoms with van der Waals surface area (Å²) in [7, 11) is -3.40. The van der Waals surface area contributed by atoms with E-state index in [1.807, 2.05) is 6.92 Å². The molecule has 1 atom stereocenters. The van der Waals surface area contributed by atoms with Gasteiger partial charge >= 0.3 is 6.09 Å². The van der Waals surface area contributed by atoms with Gasteiger partial charge in [0.1, 0.15) is 5.75 Å². The Labute approximate surface area is 130 Å². The molecule has 1 aliphatic heterocycles. The highest BCUT2D eigenvalue weighted by molar-refractivity contribution is 7.89. The standard InChI is InChI=1S/C14H20N2O5S/c1-12-11-16(8-9-20-12)22(18,19)10-7-15-14(17)21-13-5-3-2-4-6-13/h2-6,12H,7-11H2,1H3,(H,15,17). The van der Waals surface area contributed by atoms with E-state index in [-0.39, 0.29) is 18.4 Å². The molecule has 1 N–H and O–H groups in total. The van der Waals surface area contributed by atoms with E-state index in [1.54, 1.807) is 30.3 Å². The van der Waals surface area contributed by atoms with Crippen LogP contribution in [0.5, 0.6) is 5.75 Å². The number of nitrogens with zero attached hydrogens (tertiary/aromatic N) is 1. The van der Waals surface area contributed by atoms with E-state index < -0.39 is 16.1 Å². The monoisotopic (exact) mass is 328 g/mol. The molecule has 0 radical (unpaired) electrons. The van der Waals surface area contributed by atoms with Crippen molar-refractivity contribution in [3.05, 3.63) is 30.3 Å². The first kappa shape index (κ1) is 16.7. The summed E-state index contributed by atoms with van der Waals surface area (Å²) in [6, 6.07) is 8.58. The summed E-state index contributed by atoms with van der Waals surface area (Å²) >= 11 is 0. The van der Waals surface area contributed by atoms with E-state index in [0.717, 1.165) is 0 Å². The number of hydrogen-bond acceptors (Lipinski definition) is 5. The third-order valence-corrected chi connectivity index (χ3v) is 5.02. The zero-order chi connectivity index (χ0) is 16.0. The fraction of sp³-hybridized carbons (Fsp3) is 0.500. The highest BCUT2D eigenvalue weighted by Gasteiger charge is 2.27. The summed E-state index contributed by atoms with van der Waals surface area (Å²) in [6.07, 6.45) is -0.781. The van der Waals surface area contributed by atoms with E-state index in [2.05, 4.69) is 5.32 Å². The summed E-state index contributed by atoms with van der Waals surface area (Å²) in [5.41, 5.74) is 0. The summed E-state index contributed by atoms with van der Waals surface area (Å²) < 4.78 is 36.0. The smallest absolute Gasteiger partial charge is 0.410 e. The van der Waals surface area contributed by atoms with Crippen molar-refractivity contribution >= 4 is 16.1 Å². The molecule has 1 saturated heterocycles. The van der Waals surface area contributed by atoms with Gasteiger partial charge in [-0.05, 0) is 19.1 Å². The van der Waals surface area contributed by atoms with Gasteiger partial charge < -0.3 is 14.8 Å². The van der Waals surface area contributed by atoms with Gasteiger partial charge in [0.2, 0.25) is 10.0 Å². The van der Waals surface area contributed by atoms with Gasteiger partial charge in [0.15, 0.2) is 0 Å². The van der Waals surface area contributed by atoms with Crippen molar-refractivity contribution in [3.63, 3.8) is 0 Å². The lowest BCUT2D eigenvalue weighted by Crippen LogP contribution is -2.46. The molecule has 0 spiro atoms. The average Bonchev–Trinajstić information content (AvgIpc) is 2.48. The summed E-state index contributed by atoms with van der Waals surface area (Å²) in [5.74, 6) is 0.244. The van der Waals surface area contributed by atoms with Crippen LogP contribution in [0, 0.1) is 0 Å². The zero-order valence-electron chi connectivity index (χ0n) is 12.4. The number of carbonyl (C=O) groups is 1. The SMILES string of the molecule is CC1CN(S(=O)(=O)CCNC(=O)Oc2ccccc2)CCO1. The Hall–Kier alpha value is -1.64. The number of morpholine rings is 1. The molecule has 1 fully saturated rings. The van der Waals surface area contributed by atoms with Gasteiger partial charge in [0.25, 0.3) is 0 Å². The Morgan fingerprint density at radius 1 is 1.41 bits per heavy atom. The predicted octanol–water partition coefficient (Wildman–Crippen LogP) is 0.825. The maximum atomic E-state index is 12.1. The first-order valence-corrected chi connectivity index (χ1v) is 8.68. The molecule has 7 nitrogen and oxygen atoms in total. The molecule has 22 heavy (non-hydrogen) atoms. The molecular formula is C14H20N2O5S. The van der Waals surface area contributed by atoms with Gasteiger partial charge in [-0.2, -0.15) is 4.31 Å². The Balaban J connectivity index is 1.76. The van der Waals surface area contributed by atoms with Gasteiger partial charge in [0, 0.05) is 19.6 Å². The van der Waals surface area contributed by atoms with Crippen LogP contribution in [0.4, 0.5) is 4.79 Å². The van der Waals surface area contributed by atoms with Gasteiger partial charge in [-0.25, -0.2) is 13.2 Å². The minimum atomic E-state index is -3.40. The lowest BCUT2D eigenvalue weighted by Gasteiger charge is -2.30. The number of para-hydroxylation sites is 1. The molecule has 0 saturated carbocycles. The predicted molar refractivity (Wildman–Crippen MR) is 81.2 cm³/mol. The van der Waals surface area contributed by atoms with Gasteiger partial charge in [-0.15, -0.1) is 0 Å². The van der Waals surface area contributed by atoms with E-state index in [9.17, 15) is 13.2 Å². The van der Waals surface area contributed by atoms with Crippen molar-refractivity contribution in [1.29, 1.82) is 0 Å². The van der Waals surface area contributed by atoms with E-state index in [4.69, 9.17) is 9.47 Å². The maximum Gasteiger partial charge on any atom is 0.412 e. The van der Waals surface area contributed by atoms with E-state index in [0.29, 0.717) is 25.4 Å². The number of rotatable bonds is 5. The maximum absolute atomic E-state index is 12.1. The second kappa shape index (κ2) is 7.57. The van der Waals surface area contributed by atoms with Crippen LogP contribution >= 0.6 is 0 Å². The first-order chi connectivity index (χ1) is 10.5. The van der Waals surface area contributed by atoms with E-state index in [1.165, 1.54) is 4.31 Å². The largest absolute Gasteiger partial charge is 0.412 e. The molecule has 1 aromatic carbocycles. The molecule has 1 unspecified atom stereocenters. The highest BCUT2D eigenvalue weighted by Crippen LogP contribution is 2.10. The van der Waals surface area contributed by atoms with Crippen molar-refractivity contribution in [2.45, 2.75) is 13.0 Å². The van der Waals surface area contributed by atoms with Crippen molar-refractivity contribution < 1.29 is 22.7 Å². The molecule has 122 valence electrons. The molecule has 1 aliphatic rings. The molecule has 1 aromatic rings. The quantitative estimate of drug-likeness (QED) is 0.865.